The van der Waals surface area contributed by atoms with Crippen molar-refractivity contribution < 1.29 is 49.3 Å². The first kappa shape index (κ1) is 84.1. The highest BCUT2D eigenvalue weighted by Gasteiger charge is 2.44. The fraction of sp³-hybridized carbons (Fsp3) is 0.821. The molecule has 0 bridgehead atoms. The minimum absolute atomic E-state index is 0.00337. The van der Waals surface area contributed by atoms with E-state index in [1.54, 1.807) is 6.08 Å². The average molecular weight is 1250 g/mol. The van der Waals surface area contributed by atoms with Crippen LogP contribution in [-0.4, -0.2) is 100 Å². The highest BCUT2D eigenvalue weighted by Crippen LogP contribution is 2.23. The Labute approximate surface area is 547 Å². The van der Waals surface area contributed by atoms with E-state index in [0.717, 1.165) is 70.6 Å². The lowest BCUT2D eigenvalue weighted by atomic mass is 9.99. The van der Waals surface area contributed by atoms with Crippen LogP contribution >= 0.6 is 0 Å². The molecule has 1 aliphatic heterocycles. The number of allylic oxidation sites excluding steroid dienone is 11. The minimum Gasteiger partial charge on any atom is -0.466 e. The van der Waals surface area contributed by atoms with Gasteiger partial charge in [0.2, 0.25) is 5.91 Å². The summed E-state index contributed by atoms with van der Waals surface area (Å²) in [6.07, 6.45) is 80.7. The number of ether oxygens (including phenoxy) is 3. The van der Waals surface area contributed by atoms with Crippen molar-refractivity contribution in [2.75, 3.05) is 19.8 Å². The standard InChI is InChI=1S/C78H141NO10/c1-3-5-7-9-11-13-15-41-46-50-54-58-62-66-74(83)87-67-63-59-55-51-47-43-40-38-36-34-32-30-28-26-24-22-20-18-16-17-19-21-23-25-27-29-31-33-35-37-39-42-45-49-53-57-61-65-73(82)79-70(69-88-78-77(86)76(85)75(84)72(68-80)89-78)71(81)64-60-56-52-48-44-14-12-10-8-6-4-2/h7,9,13,15-16,18,22,24,44,48,60,64,70-72,75-78,80-81,84-86H,3-6,8,10-12,14,17,19-21,23,25-43,45-47,49-59,61-63,65-69H2,1-2H3,(H,79,82)/b9-7-,15-13-,18-16-,24-22-,48-44+,64-60+. The SMILES string of the molecule is CCC/C=C\C/C=C\CCCCCCCC(=O)OCCCCCCCCCCCCCCC/C=C\C/C=C\CCCCCCCCCCCCCCCCCCCC(=O)NC(COC1OC(CO)C(O)C(O)C1O)C(O)/C=C/CC/C=C/CCCCCCC. The second-order valence-corrected chi connectivity index (χ2v) is 26.0. The second kappa shape index (κ2) is 66.6. The van der Waals surface area contributed by atoms with Crippen molar-refractivity contribution in [1.82, 2.24) is 5.32 Å². The summed E-state index contributed by atoms with van der Waals surface area (Å²) in [5.74, 6) is -0.193. The summed E-state index contributed by atoms with van der Waals surface area (Å²) in [4.78, 5) is 25.1. The number of rotatable bonds is 66. The summed E-state index contributed by atoms with van der Waals surface area (Å²) in [7, 11) is 0. The van der Waals surface area contributed by atoms with E-state index in [2.05, 4.69) is 79.9 Å². The molecule has 0 aromatic heterocycles. The van der Waals surface area contributed by atoms with Gasteiger partial charge in [-0.2, -0.15) is 0 Å². The van der Waals surface area contributed by atoms with Crippen LogP contribution < -0.4 is 5.32 Å². The van der Waals surface area contributed by atoms with Crippen molar-refractivity contribution in [1.29, 1.82) is 0 Å². The topological polar surface area (TPSA) is 175 Å². The molecule has 1 rings (SSSR count). The van der Waals surface area contributed by atoms with Gasteiger partial charge in [0.25, 0.3) is 0 Å². The van der Waals surface area contributed by atoms with Crippen LogP contribution in [0.4, 0.5) is 0 Å². The van der Waals surface area contributed by atoms with E-state index in [4.69, 9.17) is 14.2 Å². The number of nitrogens with one attached hydrogen (secondary N) is 1. The zero-order chi connectivity index (χ0) is 64.4. The first-order chi connectivity index (χ1) is 43.7. The lowest BCUT2D eigenvalue weighted by molar-refractivity contribution is -0.302. The highest BCUT2D eigenvalue weighted by atomic mass is 16.7. The number of hydrogen-bond donors (Lipinski definition) is 6. The van der Waals surface area contributed by atoms with Crippen LogP contribution in [0.25, 0.3) is 0 Å². The van der Waals surface area contributed by atoms with Crippen LogP contribution in [0, 0.1) is 0 Å². The molecular formula is C78H141NO10. The lowest BCUT2D eigenvalue weighted by Gasteiger charge is -2.40. The van der Waals surface area contributed by atoms with Crippen LogP contribution in [0.3, 0.4) is 0 Å². The molecular weight excluding hydrogens is 1110 g/mol. The predicted molar refractivity (Wildman–Crippen MR) is 375 cm³/mol. The van der Waals surface area contributed by atoms with Crippen molar-refractivity contribution >= 4 is 11.9 Å². The monoisotopic (exact) mass is 1250 g/mol. The summed E-state index contributed by atoms with van der Waals surface area (Å²) in [5, 5.41) is 54.4. The molecule has 7 unspecified atom stereocenters. The molecule has 0 aliphatic carbocycles. The first-order valence-corrected chi connectivity index (χ1v) is 37.7. The van der Waals surface area contributed by atoms with E-state index in [0.29, 0.717) is 19.4 Å². The third-order valence-corrected chi connectivity index (χ3v) is 17.5. The number of unbranched alkanes of at least 4 members (excludes halogenated alkanes) is 42. The third-order valence-electron chi connectivity index (χ3n) is 17.5. The molecule has 0 aromatic rings. The number of carbonyl (C=O) groups is 2. The summed E-state index contributed by atoms with van der Waals surface area (Å²) in [6.45, 7) is 4.26. The Balaban J connectivity index is 1.91. The fourth-order valence-corrected chi connectivity index (χ4v) is 11.6. The largest absolute Gasteiger partial charge is 0.466 e. The summed E-state index contributed by atoms with van der Waals surface area (Å²) < 4.78 is 16.7. The number of aliphatic hydroxyl groups excluding tert-OH is 5. The van der Waals surface area contributed by atoms with E-state index in [9.17, 15) is 35.1 Å². The number of hydrogen-bond acceptors (Lipinski definition) is 10. The van der Waals surface area contributed by atoms with Gasteiger partial charge in [0.15, 0.2) is 6.29 Å². The third kappa shape index (κ3) is 55.3. The number of amides is 1. The van der Waals surface area contributed by atoms with Crippen LogP contribution in [0.2, 0.25) is 0 Å². The Morgan fingerprint density at radius 2 is 0.787 bits per heavy atom. The molecule has 6 N–H and O–H groups in total. The van der Waals surface area contributed by atoms with Crippen LogP contribution in [-0.2, 0) is 23.8 Å². The van der Waals surface area contributed by atoms with Crippen molar-refractivity contribution in [2.24, 2.45) is 0 Å². The van der Waals surface area contributed by atoms with Crippen molar-refractivity contribution in [3.05, 3.63) is 72.9 Å². The maximum absolute atomic E-state index is 13.0. The molecule has 0 spiro atoms. The van der Waals surface area contributed by atoms with Crippen molar-refractivity contribution in [3.63, 3.8) is 0 Å². The average Bonchev–Trinajstić information content (AvgIpc) is 1.91. The van der Waals surface area contributed by atoms with Gasteiger partial charge in [-0.3, -0.25) is 9.59 Å². The van der Waals surface area contributed by atoms with Gasteiger partial charge in [0, 0.05) is 12.8 Å². The van der Waals surface area contributed by atoms with Gasteiger partial charge in [-0.25, -0.2) is 0 Å². The molecule has 1 heterocycles. The molecule has 1 fully saturated rings. The normalized spacial score (nSPS) is 18.1. The molecule has 0 saturated carbocycles. The van der Waals surface area contributed by atoms with E-state index < -0.39 is 49.5 Å². The van der Waals surface area contributed by atoms with Gasteiger partial charge in [0.1, 0.15) is 24.4 Å². The van der Waals surface area contributed by atoms with E-state index in [-0.39, 0.29) is 18.5 Å². The Bertz CT molecular complexity index is 1710. The maximum Gasteiger partial charge on any atom is 0.305 e. The molecule has 518 valence electrons. The molecule has 7 atom stereocenters. The number of carbonyl (C=O) groups excluding carboxylic acids is 2. The molecule has 89 heavy (non-hydrogen) atoms. The molecule has 0 aromatic carbocycles. The molecule has 1 saturated heterocycles. The van der Waals surface area contributed by atoms with Gasteiger partial charge in [-0.15, -0.1) is 0 Å². The summed E-state index contributed by atoms with van der Waals surface area (Å²) in [5.41, 5.74) is 0. The van der Waals surface area contributed by atoms with Gasteiger partial charge in [0.05, 0.1) is 32.0 Å². The quantitative estimate of drug-likeness (QED) is 0.0195. The van der Waals surface area contributed by atoms with Crippen LogP contribution in [0.5, 0.6) is 0 Å². The highest BCUT2D eigenvalue weighted by molar-refractivity contribution is 5.76. The molecule has 11 nitrogen and oxygen atoms in total. The molecule has 1 amide bonds. The van der Waals surface area contributed by atoms with Gasteiger partial charge in [-0.1, -0.05) is 305 Å². The summed E-state index contributed by atoms with van der Waals surface area (Å²) in [6, 6.07) is -0.826. The Hall–Kier alpha value is -2.90. The molecule has 0 radical (unpaired) electrons. The van der Waals surface area contributed by atoms with E-state index in [1.165, 1.54) is 250 Å². The Morgan fingerprint density at radius 3 is 1.22 bits per heavy atom. The number of esters is 1. The zero-order valence-corrected chi connectivity index (χ0v) is 57.6. The van der Waals surface area contributed by atoms with Gasteiger partial charge in [-0.05, 0) is 103 Å². The Morgan fingerprint density at radius 1 is 0.416 bits per heavy atom. The molecule has 1 aliphatic rings. The predicted octanol–water partition coefficient (Wildman–Crippen LogP) is 19.9. The Kier molecular flexibility index (Phi) is 62.9. The van der Waals surface area contributed by atoms with Gasteiger partial charge < -0.3 is 45.1 Å². The van der Waals surface area contributed by atoms with E-state index >= 15 is 0 Å². The zero-order valence-electron chi connectivity index (χ0n) is 57.6. The smallest absolute Gasteiger partial charge is 0.305 e. The summed E-state index contributed by atoms with van der Waals surface area (Å²) >= 11 is 0. The van der Waals surface area contributed by atoms with E-state index in [1.807, 2.05) is 6.08 Å². The fourth-order valence-electron chi connectivity index (χ4n) is 11.6. The maximum atomic E-state index is 13.0. The van der Waals surface area contributed by atoms with Crippen LogP contribution in [0.1, 0.15) is 348 Å². The van der Waals surface area contributed by atoms with Gasteiger partial charge >= 0.3 is 5.97 Å². The molecule has 11 heteroatoms. The number of aliphatic hydroxyl groups is 5. The lowest BCUT2D eigenvalue weighted by Crippen LogP contribution is -2.60. The van der Waals surface area contributed by atoms with Crippen molar-refractivity contribution in [2.45, 2.75) is 391 Å². The second-order valence-electron chi connectivity index (χ2n) is 26.0. The van der Waals surface area contributed by atoms with Crippen molar-refractivity contribution in [3.8, 4) is 0 Å². The minimum atomic E-state index is -1.58. The van der Waals surface area contributed by atoms with Crippen LogP contribution in [0.15, 0.2) is 72.9 Å². The first-order valence-electron chi connectivity index (χ1n) is 37.7.